The SMILES string of the molecule is CC(Nc1c(Cl)ccc2nsnc12)c1ccc(Cl)c(F)c1. The largest absolute Gasteiger partial charge is 0.375 e. The average Bonchev–Trinajstić information content (AvgIpc) is 2.93. The van der Waals surface area contributed by atoms with Gasteiger partial charge in [-0.15, -0.1) is 0 Å². The fourth-order valence-corrected chi connectivity index (χ4v) is 2.91. The van der Waals surface area contributed by atoms with Crippen LogP contribution in [0.3, 0.4) is 0 Å². The molecule has 3 aromatic rings. The van der Waals surface area contributed by atoms with Crippen molar-refractivity contribution in [2.45, 2.75) is 13.0 Å². The number of anilines is 1. The van der Waals surface area contributed by atoms with Crippen molar-refractivity contribution in [3.8, 4) is 0 Å². The molecule has 1 unspecified atom stereocenters. The molecular weight excluding hydrogens is 332 g/mol. The summed E-state index contributed by atoms with van der Waals surface area (Å²) in [6.45, 7) is 1.91. The van der Waals surface area contributed by atoms with Crippen molar-refractivity contribution in [3.05, 3.63) is 51.8 Å². The van der Waals surface area contributed by atoms with Gasteiger partial charge in [-0.2, -0.15) is 8.75 Å². The third-order valence-corrected chi connectivity index (χ3v) is 4.35. The Morgan fingerprint density at radius 3 is 2.67 bits per heavy atom. The van der Waals surface area contributed by atoms with Crippen molar-refractivity contribution in [2.75, 3.05) is 5.32 Å². The van der Waals surface area contributed by atoms with Crippen LogP contribution in [0.1, 0.15) is 18.5 Å². The number of aromatic nitrogens is 2. The molecule has 0 aliphatic heterocycles. The summed E-state index contributed by atoms with van der Waals surface area (Å²) in [7, 11) is 0. The molecule has 1 atom stereocenters. The molecule has 0 bridgehead atoms. The van der Waals surface area contributed by atoms with Gasteiger partial charge in [-0.3, -0.25) is 0 Å². The first kappa shape index (κ1) is 14.5. The number of nitrogens with zero attached hydrogens (tertiary/aromatic N) is 2. The van der Waals surface area contributed by atoms with E-state index in [0.717, 1.165) is 22.8 Å². The maximum atomic E-state index is 13.6. The van der Waals surface area contributed by atoms with Crippen LogP contribution in [0.5, 0.6) is 0 Å². The first-order valence-electron chi connectivity index (χ1n) is 6.18. The second-order valence-electron chi connectivity index (χ2n) is 4.59. The van der Waals surface area contributed by atoms with E-state index in [1.165, 1.54) is 12.1 Å². The lowest BCUT2D eigenvalue weighted by Crippen LogP contribution is -2.08. The molecule has 1 heterocycles. The van der Waals surface area contributed by atoms with Crippen molar-refractivity contribution in [3.63, 3.8) is 0 Å². The van der Waals surface area contributed by atoms with E-state index in [-0.39, 0.29) is 11.1 Å². The molecule has 108 valence electrons. The molecule has 2 aromatic carbocycles. The molecule has 0 spiro atoms. The lowest BCUT2D eigenvalue weighted by atomic mass is 10.1. The predicted octanol–water partition coefficient (Wildman–Crippen LogP) is 5.31. The molecule has 0 amide bonds. The Labute approximate surface area is 135 Å². The van der Waals surface area contributed by atoms with E-state index in [1.807, 2.05) is 13.0 Å². The van der Waals surface area contributed by atoms with E-state index in [4.69, 9.17) is 23.2 Å². The highest BCUT2D eigenvalue weighted by Crippen LogP contribution is 2.33. The molecule has 7 heteroatoms. The zero-order valence-corrected chi connectivity index (χ0v) is 13.2. The summed E-state index contributed by atoms with van der Waals surface area (Å²) in [4.78, 5) is 0. The standard InChI is InChI=1S/C14H10Cl2FN3S/c1-7(8-2-3-9(15)11(17)6-8)18-13-10(16)4-5-12-14(13)20-21-19-12/h2-7,18H,1H3. The Morgan fingerprint density at radius 1 is 1.14 bits per heavy atom. The van der Waals surface area contributed by atoms with Crippen LogP contribution < -0.4 is 5.32 Å². The summed E-state index contributed by atoms with van der Waals surface area (Å²) in [5, 5.41) is 3.92. The molecule has 0 saturated heterocycles. The monoisotopic (exact) mass is 341 g/mol. The highest BCUT2D eigenvalue weighted by atomic mass is 35.5. The number of fused-ring (bicyclic) bond motifs is 1. The minimum atomic E-state index is -0.442. The van der Waals surface area contributed by atoms with Gasteiger partial charge in [0.15, 0.2) is 0 Å². The van der Waals surface area contributed by atoms with Crippen LogP contribution in [-0.4, -0.2) is 8.75 Å². The lowest BCUT2D eigenvalue weighted by molar-refractivity contribution is 0.624. The molecule has 0 saturated carbocycles. The highest BCUT2D eigenvalue weighted by Gasteiger charge is 2.14. The van der Waals surface area contributed by atoms with Gasteiger partial charge < -0.3 is 5.32 Å². The quantitative estimate of drug-likeness (QED) is 0.701. The van der Waals surface area contributed by atoms with E-state index >= 15 is 0 Å². The Hall–Kier alpha value is -1.43. The van der Waals surface area contributed by atoms with Crippen LogP contribution in [0.2, 0.25) is 10.0 Å². The van der Waals surface area contributed by atoms with Gasteiger partial charge in [-0.1, -0.05) is 29.3 Å². The van der Waals surface area contributed by atoms with Crippen molar-refractivity contribution < 1.29 is 4.39 Å². The molecule has 0 aliphatic carbocycles. The fourth-order valence-electron chi connectivity index (χ4n) is 2.05. The van der Waals surface area contributed by atoms with Gasteiger partial charge in [-0.05, 0) is 36.8 Å². The smallest absolute Gasteiger partial charge is 0.142 e. The van der Waals surface area contributed by atoms with Crippen LogP contribution in [0.25, 0.3) is 11.0 Å². The summed E-state index contributed by atoms with van der Waals surface area (Å²) in [6, 6.07) is 8.16. The van der Waals surface area contributed by atoms with Crippen molar-refractivity contribution in [1.29, 1.82) is 0 Å². The summed E-state index contributed by atoms with van der Waals surface area (Å²) >= 11 is 13.1. The van der Waals surface area contributed by atoms with Gasteiger partial charge in [0.05, 0.1) is 27.5 Å². The molecule has 0 radical (unpaired) electrons. The van der Waals surface area contributed by atoms with Gasteiger partial charge in [-0.25, -0.2) is 4.39 Å². The topological polar surface area (TPSA) is 37.8 Å². The van der Waals surface area contributed by atoms with E-state index in [2.05, 4.69) is 14.1 Å². The summed E-state index contributed by atoms with van der Waals surface area (Å²) in [5.74, 6) is -0.442. The Bertz CT molecular complexity index is 806. The van der Waals surface area contributed by atoms with Gasteiger partial charge in [0.25, 0.3) is 0 Å². The third kappa shape index (κ3) is 2.81. The third-order valence-electron chi connectivity index (χ3n) is 3.18. The Kier molecular flexibility index (Phi) is 3.97. The maximum Gasteiger partial charge on any atom is 0.142 e. The highest BCUT2D eigenvalue weighted by molar-refractivity contribution is 7.00. The van der Waals surface area contributed by atoms with E-state index in [9.17, 15) is 4.39 Å². The number of nitrogens with one attached hydrogen (secondary N) is 1. The molecule has 3 nitrogen and oxygen atoms in total. The molecule has 0 aliphatic rings. The van der Waals surface area contributed by atoms with Crippen LogP contribution in [0.15, 0.2) is 30.3 Å². The van der Waals surface area contributed by atoms with Crippen molar-refractivity contribution >= 4 is 51.7 Å². The number of hydrogen-bond donors (Lipinski definition) is 1. The minimum Gasteiger partial charge on any atom is -0.375 e. The predicted molar refractivity (Wildman–Crippen MR) is 85.9 cm³/mol. The Morgan fingerprint density at radius 2 is 1.90 bits per heavy atom. The first-order valence-corrected chi connectivity index (χ1v) is 7.67. The lowest BCUT2D eigenvalue weighted by Gasteiger charge is -2.17. The van der Waals surface area contributed by atoms with Crippen LogP contribution in [-0.2, 0) is 0 Å². The molecule has 1 N–H and O–H groups in total. The van der Waals surface area contributed by atoms with Crippen LogP contribution in [0, 0.1) is 5.82 Å². The Balaban J connectivity index is 1.95. The van der Waals surface area contributed by atoms with Gasteiger partial charge in [0, 0.05) is 6.04 Å². The van der Waals surface area contributed by atoms with Crippen molar-refractivity contribution in [1.82, 2.24) is 8.75 Å². The second kappa shape index (κ2) is 5.75. The number of rotatable bonds is 3. The molecule has 21 heavy (non-hydrogen) atoms. The van der Waals surface area contributed by atoms with Crippen molar-refractivity contribution in [2.24, 2.45) is 0 Å². The fraction of sp³-hybridized carbons (Fsp3) is 0.143. The maximum absolute atomic E-state index is 13.6. The van der Waals surface area contributed by atoms with Crippen LogP contribution in [0.4, 0.5) is 10.1 Å². The molecule has 0 fully saturated rings. The second-order valence-corrected chi connectivity index (χ2v) is 5.94. The minimum absolute atomic E-state index is 0.106. The first-order chi connectivity index (χ1) is 10.1. The van der Waals surface area contributed by atoms with Gasteiger partial charge in [0.1, 0.15) is 16.9 Å². The van der Waals surface area contributed by atoms with E-state index < -0.39 is 5.82 Å². The zero-order chi connectivity index (χ0) is 15.0. The van der Waals surface area contributed by atoms with Gasteiger partial charge >= 0.3 is 0 Å². The van der Waals surface area contributed by atoms with Gasteiger partial charge in [0.2, 0.25) is 0 Å². The van der Waals surface area contributed by atoms with E-state index in [0.29, 0.717) is 16.2 Å². The average molecular weight is 342 g/mol. The van der Waals surface area contributed by atoms with Crippen LogP contribution >= 0.6 is 34.9 Å². The molecule has 3 rings (SSSR count). The molecular formula is C14H10Cl2FN3S. The number of halogens is 3. The zero-order valence-electron chi connectivity index (χ0n) is 10.9. The normalized spacial score (nSPS) is 12.6. The number of hydrogen-bond acceptors (Lipinski definition) is 4. The summed E-state index contributed by atoms with van der Waals surface area (Å²) < 4.78 is 22.0. The summed E-state index contributed by atoms with van der Waals surface area (Å²) in [6.07, 6.45) is 0. The van der Waals surface area contributed by atoms with E-state index in [1.54, 1.807) is 12.1 Å². The molecule has 1 aromatic heterocycles. The summed E-state index contributed by atoms with van der Waals surface area (Å²) in [5.41, 5.74) is 2.97. The number of benzene rings is 2.